The van der Waals surface area contributed by atoms with E-state index in [1.54, 1.807) is 0 Å². The second-order valence-electron chi connectivity index (χ2n) is 13.9. The average Bonchev–Trinajstić information content (AvgIpc) is 3.00. The van der Waals surface area contributed by atoms with Crippen LogP contribution in [0.3, 0.4) is 0 Å². The zero-order valence-corrected chi connectivity index (χ0v) is 30.4. The van der Waals surface area contributed by atoms with Gasteiger partial charge in [-0.3, -0.25) is 9.59 Å². The Morgan fingerprint density at radius 2 is 0.591 bits per heavy atom. The van der Waals surface area contributed by atoms with Gasteiger partial charge in [-0.25, -0.2) is 0 Å². The number of carbonyl (C=O) groups excluding carboxylic acids is 2. The second kappa shape index (κ2) is 34.8. The van der Waals surface area contributed by atoms with Crippen LogP contribution in [0.15, 0.2) is 0 Å². The minimum Gasteiger partial charge on any atom is -0.463 e. The third kappa shape index (κ3) is 33.8. The number of hydrogen-bond acceptors (Lipinski definition) is 4. The van der Waals surface area contributed by atoms with Crippen LogP contribution >= 0.6 is 0 Å². The van der Waals surface area contributed by atoms with Crippen LogP contribution in [-0.2, 0) is 19.1 Å². The maximum atomic E-state index is 12.2. The molecule has 0 amide bonds. The van der Waals surface area contributed by atoms with Gasteiger partial charge in [-0.15, -0.1) is 0 Å². The van der Waals surface area contributed by atoms with Crippen molar-refractivity contribution >= 4 is 11.9 Å². The lowest BCUT2D eigenvalue weighted by Gasteiger charge is -2.14. The minimum absolute atomic E-state index is 0.00821. The molecule has 0 bridgehead atoms. The first-order valence-electron chi connectivity index (χ1n) is 19.9. The molecule has 2 unspecified atom stereocenters. The summed E-state index contributed by atoms with van der Waals surface area (Å²) in [5.41, 5.74) is 0. The van der Waals surface area contributed by atoms with Crippen LogP contribution in [0, 0.1) is 0 Å². The molecule has 0 aliphatic rings. The maximum Gasteiger partial charge on any atom is 0.306 e. The van der Waals surface area contributed by atoms with E-state index in [2.05, 4.69) is 13.8 Å². The van der Waals surface area contributed by atoms with Crippen molar-refractivity contribution in [3.8, 4) is 0 Å². The van der Waals surface area contributed by atoms with E-state index in [0.29, 0.717) is 25.7 Å². The molecule has 2 atom stereocenters. The molecule has 0 fully saturated rings. The molecule has 44 heavy (non-hydrogen) atoms. The van der Waals surface area contributed by atoms with E-state index >= 15 is 0 Å². The fourth-order valence-corrected chi connectivity index (χ4v) is 6.12. The highest BCUT2D eigenvalue weighted by Gasteiger charge is 2.12. The first-order valence-corrected chi connectivity index (χ1v) is 19.9. The SMILES string of the molecule is CCCCCCCCCCCCCCCC(C)OC(=O)CCCCC(=O)OC(C)CCCCCCCCCCCCCCC. The summed E-state index contributed by atoms with van der Waals surface area (Å²) in [4.78, 5) is 24.3. The van der Waals surface area contributed by atoms with E-state index in [1.807, 2.05) is 13.8 Å². The first-order chi connectivity index (χ1) is 21.5. The minimum atomic E-state index is -0.128. The van der Waals surface area contributed by atoms with Gasteiger partial charge in [0.1, 0.15) is 0 Å². The molecule has 262 valence electrons. The summed E-state index contributed by atoms with van der Waals surface area (Å²) in [6.45, 7) is 8.57. The zero-order valence-electron chi connectivity index (χ0n) is 30.4. The quantitative estimate of drug-likeness (QED) is 0.0521. The molecule has 0 aromatic rings. The number of esters is 2. The Morgan fingerprint density at radius 1 is 0.364 bits per heavy atom. The molecule has 0 rings (SSSR count). The molecule has 0 heterocycles. The topological polar surface area (TPSA) is 52.6 Å². The molecular formula is C40H78O4. The van der Waals surface area contributed by atoms with E-state index in [1.165, 1.54) is 154 Å². The van der Waals surface area contributed by atoms with E-state index in [4.69, 9.17) is 9.47 Å². The van der Waals surface area contributed by atoms with Crippen LogP contribution < -0.4 is 0 Å². The molecule has 0 radical (unpaired) electrons. The molecule has 0 N–H and O–H groups in total. The molecule has 4 nitrogen and oxygen atoms in total. The summed E-state index contributed by atoms with van der Waals surface area (Å²) in [5.74, 6) is -0.257. The van der Waals surface area contributed by atoms with Gasteiger partial charge in [0.25, 0.3) is 0 Å². The van der Waals surface area contributed by atoms with Crippen LogP contribution in [0.5, 0.6) is 0 Å². The molecule has 0 spiro atoms. The third-order valence-corrected chi connectivity index (χ3v) is 9.11. The van der Waals surface area contributed by atoms with Gasteiger partial charge in [0, 0.05) is 12.8 Å². The van der Waals surface area contributed by atoms with E-state index < -0.39 is 0 Å². The molecule has 0 aliphatic carbocycles. The molecule has 0 aromatic carbocycles. The summed E-state index contributed by atoms with van der Waals surface area (Å²) < 4.78 is 11.2. The molecule has 0 aliphatic heterocycles. The molecule has 0 saturated heterocycles. The number of rotatable bonds is 35. The molecule has 0 saturated carbocycles. The zero-order chi connectivity index (χ0) is 32.4. The van der Waals surface area contributed by atoms with Gasteiger partial charge in [-0.05, 0) is 52.4 Å². The number of hydrogen-bond donors (Lipinski definition) is 0. The van der Waals surface area contributed by atoms with Crippen LogP contribution in [0.1, 0.15) is 233 Å². The van der Waals surface area contributed by atoms with Crippen molar-refractivity contribution in [3.63, 3.8) is 0 Å². The lowest BCUT2D eigenvalue weighted by molar-refractivity contribution is -0.151. The van der Waals surface area contributed by atoms with Crippen molar-refractivity contribution in [1.82, 2.24) is 0 Å². The third-order valence-electron chi connectivity index (χ3n) is 9.11. The van der Waals surface area contributed by atoms with Crippen molar-refractivity contribution in [2.45, 2.75) is 245 Å². The number of carbonyl (C=O) groups is 2. The predicted octanol–water partition coefficient (Wildman–Crippen LogP) is 13.4. The molecular weight excluding hydrogens is 544 g/mol. The highest BCUT2D eigenvalue weighted by Crippen LogP contribution is 2.16. The number of unbranched alkanes of at least 4 members (excludes halogenated alkanes) is 25. The summed E-state index contributed by atoms with van der Waals surface area (Å²) in [5, 5.41) is 0. The Hall–Kier alpha value is -1.06. The standard InChI is InChI=1S/C40H78O4/c1-5-7-9-11-13-15-17-19-21-23-25-27-29-33-37(3)43-39(41)35-31-32-36-40(42)44-38(4)34-30-28-26-24-22-20-18-16-14-12-10-8-6-2/h37-38H,5-36H2,1-4H3. The largest absolute Gasteiger partial charge is 0.463 e. The Labute approximate surface area is 276 Å². The van der Waals surface area contributed by atoms with E-state index in [-0.39, 0.29) is 24.1 Å². The highest BCUT2D eigenvalue weighted by molar-refractivity contribution is 5.70. The summed E-state index contributed by atoms with van der Waals surface area (Å²) in [6.07, 6.45) is 39.2. The summed E-state index contributed by atoms with van der Waals surface area (Å²) in [7, 11) is 0. The number of ether oxygens (including phenoxy) is 2. The first kappa shape index (κ1) is 42.9. The van der Waals surface area contributed by atoms with Gasteiger partial charge in [-0.2, -0.15) is 0 Å². The Bertz CT molecular complexity index is 552. The van der Waals surface area contributed by atoms with Crippen LogP contribution in [0.4, 0.5) is 0 Å². The monoisotopic (exact) mass is 623 g/mol. The normalized spacial score (nSPS) is 12.7. The Kier molecular flexibility index (Phi) is 34.0. The van der Waals surface area contributed by atoms with Crippen molar-refractivity contribution in [2.75, 3.05) is 0 Å². The predicted molar refractivity (Wildman–Crippen MR) is 190 cm³/mol. The van der Waals surface area contributed by atoms with Crippen molar-refractivity contribution in [2.24, 2.45) is 0 Å². The van der Waals surface area contributed by atoms with Crippen molar-refractivity contribution in [3.05, 3.63) is 0 Å². The molecule has 0 aromatic heterocycles. The Balaban J connectivity index is 3.48. The average molecular weight is 623 g/mol. The smallest absolute Gasteiger partial charge is 0.306 e. The van der Waals surface area contributed by atoms with Crippen molar-refractivity contribution < 1.29 is 19.1 Å². The van der Waals surface area contributed by atoms with Crippen LogP contribution in [0.25, 0.3) is 0 Å². The van der Waals surface area contributed by atoms with Gasteiger partial charge >= 0.3 is 11.9 Å². The van der Waals surface area contributed by atoms with E-state index in [9.17, 15) is 9.59 Å². The van der Waals surface area contributed by atoms with Gasteiger partial charge in [0.2, 0.25) is 0 Å². The van der Waals surface area contributed by atoms with Gasteiger partial charge in [0.05, 0.1) is 12.2 Å². The highest BCUT2D eigenvalue weighted by atomic mass is 16.5. The second-order valence-corrected chi connectivity index (χ2v) is 13.9. The van der Waals surface area contributed by atoms with Crippen molar-refractivity contribution in [1.29, 1.82) is 0 Å². The van der Waals surface area contributed by atoms with Gasteiger partial charge < -0.3 is 9.47 Å². The van der Waals surface area contributed by atoms with E-state index in [0.717, 1.165) is 25.7 Å². The van der Waals surface area contributed by atoms with Gasteiger partial charge in [0.15, 0.2) is 0 Å². The Morgan fingerprint density at radius 3 is 0.841 bits per heavy atom. The lowest BCUT2D eigenvalue weighted by atomic mass is 10.0. The summed E-state index contributed by atoms with van der Waals surface area (Å²) >= 11 is 0. The van der Waals surface area contributed by atoms with Crippen LogP contribution in [0.2, 0.25) is 0 Å². The maximum absolute atomic E-state index is 12.2. The fourth-order valence-electron chi connectivity index (χ4n) is 6.12. The summed E-state index contributed by atoms with van der Waals surface area (Å²) in [6, 6.07) is 0. The molecule has 4 heteroatoms. The van der Waals surface area contributed by atoms with Crippen LogP contribution in [-0.4, -0.2) is 24.1 Å². The fraction of sp³-hybridized carbons (Fsp3) is 0.950. The lowest BCUT2D eigenvalue weighted by Crippen LogP contribution is -2.16. The van der Waals surface area contributed by atoms with Gasteiger partial charge in [-0.1, -0.05) is 168 Å².